The number of carbonyl (C=O) groups excluding carboxylic acids is 1. The lowest BCUT2D eigenvalue weighted by Crippen LogP contribution is -2.47. The fraction of sp³-hybridized carbons (Fsp3) is 0.857. The molecule has 0 spiro atoms. The van der Waals surface area contributed by atoms with E-state index in [-0.39, 0.29) is 6.03 Å². The highest BCUT2D eigenvalue weighted by Gasteiger charge is 2.23. The van der Waals surface area contributed by atoms with Gasteiger partial charge in [-0.3, -0.25) is 0 Å². The molecule has 110 valence electrons. The van der Waals surface area contributed by atoms with Gasteiger partial charge >= 0.3 is 12.0 Å². The van der Waals surface area contributed by atoms with E-state index in [1.807, 2.05) is 6.92 Å². The summed E-state index contributed by atoms with van der Waals surface area (Å²) in [6, 6.07) is -1.04. The second kappa shape index (κ2) is 8.02. The monoisotopic (exact) mass is 270 g/mol. The topological polar surface area (TPSA) is 69.6 Å². The summed E-state index contributed by atoms with van der Waals surface area (Å²) >= 11 is 0. The van der Waals surface area contributed by atoms with E-state index in [1.165, 1.54) is 32.1 Å². The quantitative estimate of drug-likeness (QED) is 0.779. The van der Waals surface area contributed by atoms with Crippen LogP contribution in [0, 0.1) is 5.92 Å². The molecule has 0 aromatic heterocycles. The van der Waals surface area contributed by atoms with Gasteiger partial charge in [0.05, 0.1) is 0 Å². The van der Waals surface area contributed by atoms with Crippen LogP contribution in [0.1, 0.15) is 51.9 Å². The minimum absolute atomic E-state index is 0.272. The number of amides is 2. The van der Waals surface area contributed by atoms with Crippen LogP contribution in [0.4, 0.5) is 4.79 Å². The fourth-order valence-corrected chi connectivity index (χ4v) is 2.65. The van der Waals surface area contributed by atoms with Gasteiger partial charge < -0.3 is 15.3 Å². The molecule has 0 unspecified atom stereocenters. The van der Waals surface area contributed by atoms with Gasteiger partial charge in [0.25, 0.3) is 0 Å². The van der Waals surface area contributed by atoms with Gasteiger partial charge in [0.1, 0.15) is 6.04 Å². The molecular formula is C14H26N2O3. The highest BCUT2D eigenvalue weighted by atomic mass is 16.4. The van der Waals surface area contributed by atoms with E-state index in [4.69, 9.17) is 5.11 Å². The van der Waals surface area contributed by atoms with Crippen molar-refractivity contribution in [2.75, 3.05) is 13.6 Å². The third-order valence-corrected chi connectivity index (χ3v) is 3.78. The number of nitrogens with zero attached hydrogens (tertiary/aromatic N) is 1. The van der Waals surface area contributed by atoms with Gasteiger partial charge in [-0.25, -0.2) is 9.59 Å². The maximum Gasteiger partial charge on any atom is 0.326 e. The van der Waals surface area contributed by atoms with E-state index in [9.17, 15) is 9.59 Å². The number of aliphatic carboxylic acids is 1. The molecule has 1 fully saturated rings. The van der Waals surface area contributed by atoms with Crippen LogP contribution < -0.4 is 5.32 Å². The first kappa shape index (κ1) is 15.8. The molecule has 19 heavy (non-hydrogen) atoms. The molecule has 1 rings (SSSR count). The van der Waals surface area contributed by atoms with Crippen LogP contribution in [0.2, 0.25) is 0 Å². The summed E-state index contributed by atoms with van der Waals surface area (Å²) < 4.78 is 0. The molecule has 0 heterocycles. The van der Waals surface area contributed by atoms with Gasteiger partial charge in [-0.15, -0.1) is 0 Å². The van der Waals surface area contributed by atoms with Crippen molar-refractivity contribution in [2.24, 2.45) is 5.92 Å². The Labute approximate surface area is 115 Å². The van der Waals surface area contributed by atoms with Gasteiger partial charge in [0, 0.05) is 13.6 Å². The molecule has 0 radical (unpaired) electrons. The number of nitrogens with one attached hydrogen (secondary N) is 1. The standard InChI is InChI=1S/C14H26N2O3/c1-3-7-12(13(17)18)15-14(19)16(2)10-11-8-5-4-6-9-11/h11-12H,3-10H2,1-2H3,(H,15,19)(H,17,18)/t12-/m1/s1. The Bertz CT molecular complexity index is 301. The highest BCUT2D eigenvalue weighted by Crippen LogP contribution is 2.24. The molecule has 1 aliphatic carbocycles. The lowest BCUT2D eigenvalue weighted by Gasteiger charge is -2.28. The summed E-state index contributed by atoms with van der Waals surface area (Å²) in [5.74, 6) is -0.389. The van der Waals surface area contributed by atoms with Crippen molar-refractivity contribution in [1.82, 2.24) is 10.2 Å². The zero-order valence-corrected chi connectivity index (χ0v) is 12.0. The summed E-state index contributed by atoms with van der Waals surface area (Å²) in [6.45, 7) is 2.64. The number of hydrogen-bond acceptors (Lipinski definition) is 2. The maximum atomic E-state index is 12.0. The molecule has 0 aromatic carbocycles. The Hall–Kier alpha value is -1.26. The van der Waals surface area contributed by atoms with Crippen LogP contribution in [-0.2, 0) is 4.79 Å². The molecule has 2 N–H and O–H groups in total. The van der Waals surface area contributed by atoms with Crippen LogP contribution in [0.5, 0.6) is 0 Å². The normalized spacial score (nSPS) is 17.8. The molecule has 1 atom stereocenters. The molecule has 0 saturated heterocycles. The first-order valence-corrected chi connectivity index (χ1v) is 7.29. The highest BCUT2D eigenvalue weighted by molar-refractivity contribution is 5.82. The molecular weight excluding hydrogens is 244 g/mol. The number of carboxylic acids is 1. The molecule has 2 amide bonds. The summed E-state index contributed by atoms with van der Waals surface area (Å²) in [7, 11) is 1.74. The summed E-state index contributed by atoms with van der Waals surface area (Å²) in [5, 5.41) is 11.6. The van der Waals surface area contributed by atoms with Gasteiger partial charge in [-0.2, -0.15) is 0 Å². The van der Waals surface area contributed by atoms with E-state index in [0.717, 1.165) is 13.0 Å². The Morgan fingerprint density at radius 3 is 2.47 bits per heavy atom. The average molecular weight is 270 g/mol. The zero-order chi connectivity index (χ0) is 14.3. The number of urea groups is 1. The molecule has 0 bridgehead atoms. The molecule has 5 heteroatoms. The van der Waals surface area contributed by atoms with Crippen LogP contribution in [0.3, 0.4) is 0 Å². The van der Waals surface area contributed by atoms with Crippen molar-refractivity contribution in [3.8, 4) is 0 Å². The molecule has 5 nitrogen and oxygen atoms in total. The zero-order valence-electron chi connectivity index (χ0n) is 12.0. The van der Waals surface area contributed by atoms with Crippen LogP contribution in [0.15, 0.2) is 0 Å². The SMILES string of the molecule is CCC[C@@H](NC(=O)N(C)CC1CCCCC1)C(=O)O. The summed E-state index contributed by atoms with van der Waals surface area (Å²) in [4.78, 5) is 24.6. The first-order valence-electron chi connectivity index (χ1n) is 7.29. The third kappa shape index (κ3) is 5.49. The molecule has 0 aromatic rings. The van der Waals surface area contributed by atoms with E-state index >= 15 is 0 Å². The van der Waals surface area contributed by atoms with Crippen molar-refractivity contribution in [3.05, 3.63) is 0 Å². The summed E-state index contributed by atoms with van der Waals surface area (Å²) in [5.41, 5.74) is 0. The van der Waals surface area contributed by atoms with Crippen molar-refractivity contribution in [3.63, 3.8) is 0 Å². The Morgan fingerprint density at radius 1 is 1.32 bits per heavy atom. The largest absolute Gasteiger partial charge is 0.480 e. The predicted octanol–water partition coefficient (Wildman–Crippen LogP) is 2.46. The van der Waals surface area contributed by atoms with Crippen LogP contribution >= 0.6 is 0 Å². The minimum Gasteiger partial charge on any atom is -0.480 e. The van der Waals surface area contributed by atoms with Gasteiger partial charge in [-0.1, -0.05) is 32.6 Å². The number of carbonyl (C=O) groups is 2. The number of rotatable bonds is 6. The predicted molar refractivity (Wildman–Crippen MR) is 74.1 cm³/mol. The molecule has 1 aliphatic rings. The Balaban J connectivity index is 2.39. The van der Waals surface area contributed by atoms with E-state index in [0.29, 0.717) is 12.3 Å². The van der Waals surface area contributed by atoms with Crippen molar-refractivity contribution < 1.29 is 14.7 Å². The second-order valence-corrected chi connectivity index (χ2v) is 5.51. The number of carboxylic acid groups (broad SMARTS) is 1. The lowest BCUT2D eigenvalue weighted by molar-refractivity contribution is -0.139. The Morgan fingerprint density at radius 2 is 1.95 bits per heavy atom. The van der Waals surface area contributed by atoms with Gasteiger partial charge in [0.15, 0.2) is 0 Å². The van der Waals surface area contributed by atoms with Crippen molar-refractivity contribution >= 4 is 12.0 Å². The third-order valence-electron chi connectivity index (χ3n) is 3.78. The smallest absolute Gasteiger partial charge is 0.326 e. The lowest BCUT2D eigenvalue weighted by atomic mass is 9.89. The van der Waals surface area contributed by atoms with Gasteiger partial charge in [0.2, 0.25) is 0 Å². The first-order chi connectivity index (χ1) is 9.04. The summed E-state index contributed by atoms with van der Waals surface area (Å²) in [6.07, 6.45) is 7.34. The second-order valence-electron chi connectivity index (χ2n) is 5.51. The van der Waals surface area contributed by atoms with E-state index < -0.39 is 12.0 Å². The minimum atomic E-state index is -0.957. The number of hydrogen-bond donors (Lipinski definition) is 2. The maximum absolute atomic E-state index is 12.0. The molecule has 1 saturated carbocycles. The van der Waals surface area contributed by atoms with Crippen LogP contribution in [0.25, 0.3) is 0 Å². The van der Waals surface area contributed by atoms with Gasteiger partial charge in [-0.05, 0) is 25.2 Å². The van der Waals surface area contributed by atoms with E-state index in [1.54, 1.807) is 11.9 Å². The van der Waals surface area contributed by atoms with Crippen molar-refractivity contribution in [1.29, 1.82) is 0 Å². The average Bonchev–Trinajstić information content (AvgIpc) is 2.39. The Kier molecular flexibility index (Phi) is 6.67. The molecule has 0 aliphatic heterocycles. The van der Waals surface area contributed by atoms with Crippen LogP contribution in [-0.4, -0.2) is 41.6 Å². The van der Waals surface area contributed by atoms with Crippen molar-refractivity contribution in [2.45, 2.75) is 57.9 Å². The fourth-order valence-electron chi connectivity index (χ4n) is 2.65. The van der Waals surface area contributed by atoms with E-state index in [2.05, 4.69) is 5.32 Å².